The van der Waals surface area contributed by atoms with E-state index in [1.165, 1.54) is 5.57 Å². The van der Waals surface area contributed by atoms with Crippen LogP contribution >= 0.6 is 0 Å². The third-order valence-corrected chi connectivity index (χ3v) is 2.86. The first-order valence-corrected chi connectivity index (χ1v) is 6.87. The number of hydrogen-bond donors (Lipinski definition) is 0. The predicted molar refractivity (Wildman–Crippen MR) is 87.2 cm³/mol. The van der Waals surface area contributed by atoms with Crippen LogP contribution in [0.1, 0.15) is 13.8 Å². The van der Waals surface area contributed by atoms with E-state index in [1.807, 2.05) is 77.2 Å². The van der Waals surface area contributed by atoms with Gasteiger partial charge in [-0.05, 0) is 64.2 Å². The minimum absolute atomic E-state index is 0. The van der Waals surface area contributed by atoms with Crippen LogP contribution in [0.15, 0.2) is 29.9 Å². The van der Waals surface area contributed by atoms with Gasteiger partial charge in [0.2, 0.25) is 0 Å². The van der Waals surface area contributed by atoms with Gasteiger partial charge in [0.05, 0.1) is 0 Å². The van der Waals surface area contributed by atoms with Crippen LogP contribution < -0.4 is 0 Å². The smallest absolute Gasteiger partial charge is 0.501 e. The molecule has 0 N–H and O–H groups in total. The van der Waals surface area contributed by atoms with Crippen molar-refractivity contribution >= 4 is 0 Å². The molecular weight excluding hydrogens is 331 g/mol. The van der Waals surface area contributed by atoms with Crippen LogP contribution in [0, 0.1) is 82.6 Å². The molecule has 3 rings (SSSR count). The van der Waals surface area contributed by atoms with Crippen LogP contribution in [0.5, 0.6) is 0 Å². The Labute approximate surface area is 152 Å². The Morgan fingerprint density at radius 2 is 1.24 bits per heavy atom. The van der Waals surface area contributed by atoms with Gasteiger partial charge in [0.1, 0.15) is 0 Å². The molecule has 3 aliphatic carbocycles. The molecule has 0 aromatic carbocycles. The third kappa shape index (κ3) is 11.2. The van der Waals surface area contributed by atoms with Gasteiger partial charge in [0.25, 0.3) is 0 Å². The normalized spacial score (nSPS) is 23.1. The zero-order valence-corrected chi connectivity index (χ0v) is 15.2. The average Bonchev–Trinajstić information content (AvgIpc) is 3.24. The van der Waals surface area contributed by atoms with Crippen molar-refractivity contribution in [1.82, 2.24) is 0 Å². The maximum absolute atomic E-state index is 3.13. The molecule has 0 aliphatic heterocycles. The van der Waals surface area contributed by atoms with Crippen LogP contribution in [0.2, 0.25) is 0 Å². The maximum Gasteiger partial charge on any atom is 4.00 e. The van der Waals surface area contributed by atoms with E-state index in [2.05, 4.69) is 37.6 Å². The topological polar surface area (TPSA) is 0 Å². The molecule has 2 fully saturated rings. The zero-order valence-electron chi connectivity index (χ0n) is 12.7. The largest absolute Gasteiger partial charge is 4.00 e. The average molecular weight is 354 g/mol. The van der Waals surface area contributed by atoms with Crippen molar-refractivity contribution in [2.75, 3.05) is 0 Å². The Hall–Kier alpha value is -0.0269. The van der Waals surface area contributed by atoms with Crippen LogP contribution in [0.25, 0.3) is 0 Å². The molecule has 1 heteroatoms. The van der Waals surface area contributed by atoms with Crippen molar-refractivity contribution in [1.29, 1.82) is 0 Å². The van der Waals surface area contributed by atoms with Gasteiger partial charge >= 0.3 is 26.2 Å². The molecule has 0 aromatic rings. The Morgan fingerprint density at radius 3 is 1.52 bits per heavy atom. The zero-order chi connectivity index (χ0) is 14.5. The first-order chi connectivity index (χ1) is 9.84. The van der Waals surface area contributed by atoms with Crippen LogP contribution in [-0.2, 0) is 26.2 Å². The van der Waals surface area contributed by atoms with E-state index in [9.17, 15) is 0 Å². The Kier molecular flexibility index (Phi) is 14.9. The Bertz CT molecular complexity index is 279. The predicted octanol–water partition coefficient (Wildman–Crippen LogP) is 4.74. The molecule has 0 amide bonds. The SMILES string of the molecule is C[C-]=C(C)C1C=CC=C[CH-]1.[CH]1[CH][CH][CH][CH]1.[CH]1[CH][CH][CH][CH]1.[Zr+4]. The van der Waals surface area contributed by atoms with Crippen molar-refractivity contribution in [3.8, 4) is 0 Å². The molecule has 0 nitrogen and oxygen atoms in total. The van der Waals surface area contributed by atoms with E-state index >= 15 is 0 Å². The van der Waals surface area contributed by atoms with E-state index in [4.69, 9.17) is 0 Å². The van der Waals surface area contributed by atoms with Gasteiger partial charge in [0, 0.05) is 0 Å². The summed E-state index contributed by atoms with van der Waals surface area (Å²) in [6, 6.07) is 0. The fourth-order valence-electron chi connectivity index (χ4n) is 1.59. The van der Waals surface area contributed by atoms with Crippen molar-refractivity contribution in [2.45, 2.75) is 13.8 Å². The summed E-state index contributed by atoms with van der Waals surface area (Å²) >= 11 is 0. The van der Waals surface area contributed by atoms with E-state index in [0.29, 0.717) is 5.92 Å². The van der Waals surface area contributed by atoms with Gasteiger partial charge in [-0.1, -0.05) is 12.8 Å². The van der Waals surface area contributed by atoms with Gasteiger partial charge in [-0.3, -0.25) is 5.57 Å². The molecule has 0 bridgehead atoms. The Balaban J connectivity index is 0.000000307. The summed E-state index contributed by atoms with van der Waals surface area (Å²) in [4.78, 5) is 0. The van der Waals surface area contributed by atoms with Gasteiger partial charge < -0.3 is 6.08 Å². The summed E-state index contributed by atoms with van der Waals surface area (Å²) in [5, 5.41) is 0. The molecule has 0 heterocycles. The summed E-state index contributed by atoms with van der Waals surface area (Å²) < 4.78 is 0. The standard InChI is InChI=1S/C10H12.2C5H5.Zr/c1-3-9(2)10-7-5-4-6-8-10;2*1-2-4-5-3-1;/h4-8,10H,1-2H3;2*1-5H;/q-2;;;+4. The van der Waals surface area contributed by atoms with Crippen molar-refractivity contribution < 1.29 is 26.2 Å². The van der Waals surface area contributed by atoms with E-state index in [-0.39, 0.29) is 26.2 Å². The molecule has 3 aliphatic rings. The summed E-state index contributed by atoms with van der Waals surface area (Å²) in [7, 11) is 0. The van der Waals surface area contributed by atoms with E-state index in [1.54, 1.807) is 0 Å². The molecule has 0 aromatic heterocycles. The van der Waals surface area contributed by atoms with Crippen molar-refractivity contribution in [2.24, 2.45) is 5.92 Å². The van der Waals surface area contributed by atoms with E-state index < -0.39 is 0 Å². The molecule has 10 radical (unpaired) electrons. The minimum Gasteiger partial charge on any atom is -0.501 e. The first kappa shape index (κ1) is 21.0. The monoisotopic (exact) mass is 352 g/mol. The van der Waals surface area contributed by atoms with Crippen molar-refractivity contribution in [3.63, 3.8) is 0 Å². The second kappa shape index (κ2) is 14.9. The first-order valence-electron chi connectivity index (χ1n) is 6.87. The van der Waals surface area contributed by atoms with E-state index in [0.717, 1.165) is 0 Å². The molecule has 2 saturated carbocycles. The second-order valence-electron chi connectivity index (χ2n) is 4.35. The molecule has 104 valence electrons. The third-order valence-electron chi connectivity index (χ3n) is 2.86. The summed E-state index contributed by atoms with van der Waals surface area (Å²) in [6.07, 6.45) is 33.7. The van der Waals surface area contributed by atoms with Gasteiger partial charge in [0.15, 0.2) is 0 Å². The van der Waals surface area contributed by atoms with Crippen LogP contribution in [-0.4, -0.2) is 0 Å². The summed E-state index contributed by atoms with van der Waals surface area (Å²) in [5.74, 6) is 0.481. The minimum atomic E-state index is 0. The van der Waals surface area contributed by atoms with Crippen LogP contribution in [0.3, 0.4) is 0 Å². The van der Waals surface area contributed by atoms with Gasteiger partial charge in [-0.2, -0.15) is 6.92 Å². The second-order valence-corrected chi connectivity index (χ2v) is 4.35. The fourth-order valence-corrected chi connectivity index (χ4v) is 1.59. The summed E-state index contributed by atoms with van der Waals surface area (Å²) in [5.41, 5.74) is 1.29. The number of rotatable bonds is 1. The molecular formula is C20H22Zr+2. The molecule has 0 saturated heterocycles. The molecule has 1 unspecified atom stereocenters. The van der Waals surface area contributed by atoms with Gasteiger partial charge in [-0.15, -0.1) is 12.2 Å². The summed E-state index contributed by atoms with van der Waals surface area (Å²) in [6.45, 7) is 4.06. The van der Waals surface area contributed by atoms with Crippen LogP contribution in [0.4, 0.5) is 0 Å². The molecule has 21 heavy (non-hydrogen) atoms. The molecule has 0 spiro atoms. The number of allylic oxidation sites excluding steroid dienone is 6. The fraction of sp³-hybridized carbons (Fsp3) is 0.150. The van der Waals surface area contributed by atoms with Gasteiger partial charge in [-0.25, -0.2) is 18.6 Å². The molecule has 1 atom stereocenters. The Morgan fingerprint density at radius 1 is 0.810 bits per heavy atom. The quantitative estimate of drug-likeness (QED) is 0.597. The van der Waals surface area contributed by atoms with Crippen molar-refractivity contribution in [3.05, 3.63) is 107 Å². The maximum atomic E-state index is 3.13. The number of hydrogen-bond acceptors (Lipinski definition) is 0.